The van der Waals surface area contributed by atoms with E-state index in [0.717, 1.165) is 0 Å². The Kier molecular flexibility index (Phi) is 3.27. The highest BCUT2D eigenvalue weighted by molar-refractivity contribution is 6.13. The molecule has 0 bridgehead atoms. The number of rotatable bonds is 3. The van der Waals surface area contributed by atoms with E-state index in [-0.39, 0.29) is 23.8 Å². The Labute approximate surface area is 120 Å². The first-order valence-electron chi connectivity index (χ1n) is 6.18. The SMILES string of the molecule is COC(=O)c1cccnc1C(=O)c1ccc2c(c1)OCO2. The molecule has 0 radical (unpaired) electrons. The van der Waals surface area contributed by atoms with E-state index in [0.29, 0.717) is 17.1 Å². The first kappa shape index (κ1) is 13.1. The zero-order chi connectivity index (χ0) is 14.8. The van der Waals surface area contributed by atoms with Crippen molar-refractivity contribution in [2.75, 3.05) is 13.9 Å². The zero-order valence-electron chi connectivity index (χ0n) is 11.2. The van der Waals surface area contributed by atoms with Gasteiger partial charge in [0.2, 0.25) is 12.6 Å². The Morgan fingerprint density at radius 3 is 2.81 bits per heavy atom. The molecule has 1 aliphatic rings. The number of hydrogen-bond acceptors (Lipinski definition) is 6. The summed E-state index contributed by atoms with van der Waals surface area (Å²) in [7, 11) is 1.25. The molecule has 0 saturated carbocycles. The minimum atomic E-state index is -0.604. The number of nitrogens with zero attached hydrogens (tertiary/aromatic N) is 1. The van der Waals surface area contributed by atoms with Crippen LogP contribution < -0.4 is 9.47 Å². The van der Waals surface area contributed by atoms with E-state index in [4.69, 9.17) is 9.47 Å². The third-order valence-electron chi connectivity index (χ3n) is 3.06. The van der Waals surface area contributed by atoms with E-state index in [9.17, 15) is 9.59 Å². The van der Waals surface area contributed by atoms with Crippen LogP contribution in [-0.2, 0) is 4.74 Å². The van der Waals surface area contributed by atoms with Gasteiger partial charge in [-0.25, -0.2) is 4.79 Å². The standard InChI is InChI=1S/C15H11NO5/c1-19-15(18)10-3-2-6-16-13(10)14(17)9-4-5-11-12(7-9)21-8-20-11/h2-7H,8H2,1H3. The van der Waals surface area contributed by atoms with Crippen molar-refractivity contribution in [3.05, 3.63) is 53.3 Å². The number of aromatic nitrogens is 1. The molecule has 0 amide bonds. The molecule has 0 saturated heterocycles. The van der Waals surface area contributed by atoms with Gasteiger partial charge in [-0.05, 0) is 30.3 Å². The molecule has 1 aromatic heterocycles. The molecule has 0 atom stereocenters. The number of ketones is 1. The molecule has 21 heavy (non-hydrogen) atoms. The Bertz CT molecular complexity index is 726. The summed E-state index contributed by atoms with van der Waals surface area (Å²) in [5.74, 6) is 0.0960. The highest BCUT2D eigenvalue weighted by atomic mass is 16.7. The molecule has 0 fully saturated rings. The highest BCUT2D eigenvalue weighted by Gasteiger charge is 2.22. The first-order chi connectivity index (χ1) is 10.2. The van der Waals surface area contributed by atoms with E-state index >= 15 is 0 Å². The predicted octanol–water partition coefficient (Wildman–Crippen LogP) is 1.83. The average Bonchev–Trinajstić information content (AvgIpc) is 3.01. The van der Waals surface area contributed by atoms with Crippen molar-refractivity contribution in [2.45, 2.75) is 0 Å². The highest BCUT2D eigenvalue weighted by Crippen LogP contribution is 2.33. The van der Waals surface area contributed by atoms with Gasteiger partial charge in [0.15, 0.2) is 11.5 Å². The van der Waals surface area contributed by atoms with Crippen LogP contribution in [0.2, 0.25) is 0 Å². The minimum absolute atomic E-state index is 0.0446. The number of esters is 1. The molecule has 0 spiro atoms. The topological polar surface area (TPSA) is 74.7 Å². The maximum absolute atomic E-state index is 12.5. The van der Waals surface area contributed by atoms with E-state index in [1.807, 2.05) is 0 Å². The molecule has 1 aliphatic heterocycles. The summed E-state index contributed by atoms with van der Waals surface area (Å²) in [4.78, 5) is 28.2. The number of pyridine rings is 1. The average molecular weight is 285 g/mol. The van der Waals surface area contributed by atoms with Gasteiger partial charge in [-0.15, -0.1) is 0 Å². The van der Waals surface area contributed by atoms with Crippen molar-refractivity contribution in [3.8, 4) is 11.5 Å². The third kappa shape index (κ3) is 2.31. The molecular weight excluding hydrogens is 274 g/mol. The van der Waals surface area contributed by atoms with Crippen molar-refractivity contribution in [1.82, 2.24) is 4.98 Å². The van der Waals surface area contributed by atoms with Crippen LogP contribution >= 0.6 is 0 Å². The summed E-state index contributed by atoms with van der Waals surface area (Å²) in [5, 5.41) is 0. The number of carbonyl (C=O) groups excluding carboxylic acids is 2. The lowest BCUT2D eigenvalue weighted by atomic mass is 10.0. The second-order valence-electron chi connectivity index (χ2n) is 4.29. The van der Waals surface area contributed by atoms with Crippen LogP contribution in [-0.4, -0.2) is 30.6 Å². The Morgan fingerprint density at radius 2 is 2.00 bits per heavy atom. The largest absolute Gasteiger partial charge is 0.465 e. The van der Waals surface area contributed by atoms with E-state index in [1.54, 1.807) is 24.3 Å². The van der Waals surface area contributed by atoms with Gasteiger partial charge in [-0.1, -0.05) is 0 Å². The predicted molar refractivity (Wildman–Crippen MR) is 71.6 cm³/mol. The molecule has 2 aromatic rings. The minimum Gasteiger partial charge on any atom is -0.465 e. The smallest absolute Gasteiger partial charge is 0.340 e. The molecule has 106 valence electrons. The van der Waals surface area contributed by atoms with Gasteiger partial charge in [-0.3, -0.25) is 9.78 Å². The van der Waals surface area contributed by atoms with Crippen LogP contribution in [0.15, 0.2) is 36.5 Å². The van der Waals surface area contributed by atoms with Crippen LogP contribution in [0.5, 0.6) is 11.5 Å². The van der Waals surface area contributed by atoms with Gasteiger partial charge in [0.05, 0.1) is 12.7 Å². The summed E-state index contributed by atoms with van der Waals surface area (Å²) in [6.45, 7) is 0.129. The number of benzene rings is 1. The fourth-order valence-corrected chi connectivity index (χ4v) is 2.04. The third-order valence-corrected chi connectivity index (χ3v) is 3.06. The maximum Gasteiger partial charge on any atom is 0.340 e. The molecule has 2 heterocycles. The lowest BCUT2D eigenvalue weighted by molar-refractivity contribution is 0.0596. The Hall–Kier alpha value is -2.89. The number of methoxy groups -OCH3 is 1. The van der Waals surface area contributed by atoms with E-state index < -0.39 is 5.97 Å². The van der Waals surface area contributed by atoms with Gasteiger partial charge < -0.3 is 14.2 Å². The molecule has 3 rings (SSSR count). The summed E-state index contributed by atoms with van der Waals surface area (Å²) < 4.78 is 15.1. The van der Waals surface area contributed by atoms with Crippen molar-refractivity contribution in [2.24, 2.45) is 0 Å². The summed E-state index contributed by atoms with van der Waals surface area (Å²) >= 11 is 0. The van der Waals surface area contributed by atoms with Crippen LogP contribution in [0.4, 0.5) is 0 Å². The van der Waals surface area contributed by atoms with Crippen LogP contribution in [0.25, 0.3) is 0 Å². The molecular formula is C15H11NO5. The van der Waals surface area contributed by atoms with Gasteiger partial charge >= 0.3 is 5.97 Å². The van der Waals surface area contributed by atoms with E-state index in [1.165, 1.54) is 19.4 Å². The summed E-state index contributed by atoms with van der Waals surface area (Å²) in [5.41, 5.74) is 0.536. The fourth-order valence-electron chi connectivity index (χ4n) is 2.04. The van der Waals surface area contributed by atoms with Crippen LogP contribution in [0, 0.1) is 0 Å². The quantitative estimate of drug-likeness (QED) is 0.632. The molecule has 0 N–H and O–H groups in total. The molecule has 6 heteroatoms. The van der Waals surface area contributed by atoms with Gasteiger partial charge in [0.25, 0.3) is 0 Å². The van der Waals surface area contributed by atoms with Crippen LogP contribution in [0.3, 0.4) is 0 Å². The summed E-state index contributed by atoms with van der Waals surface area (Å²) in [6, 6.07) is 7.89. The molecule has 0 aliphatic carbocycles. The Balaban J connectivity index is 2.01. The molecule has 0 unspecified atom stereocenters. The first-order valence-corrected chi connectivity index (χ1v) is 6.18. The number of ether oxygens (including phenoxy) is 3. The fraction of sp³-hybridized carbons (Fsp3) is 0.133. The van der Waals surface area contributed by atoms with Gasteiger partial charge in [0.1, 0.15) is 5.69 Å². The maximum atomic E-state index is 12.5. The van der Waals surface area contributed by atoms with Crippen LogP contribution in [0.1, 0.15) is 26.4 Å². The molecule has 6 nitrogen and oxygen atoms in total. The van der Waals surface area contributed by atoms with Crippen molar-refractivity contribution in [3.63, 3.8) is 0 Å². The Morgan fingerprint density at radius 1 is 1.19 bits per heavy atom. The second kappa shape index (κ2) is 5.24. The summed E-state index contributed by atoms with van der Waals surface area (Å²) in [6.07, 6.45) is 1.45. The molecule has 1 aromatic carbocycles. The van der Waals surface area contributed by atoms with Crippen molar-refractivity contribution >= 4 is 11.8 Å². The normalized spacial score (nSPS) is 12.0. The van der Waals surface area contributed by atoms with Crippen molar-refractivity contribution in [1.29, 1.82) is 0 Å². The monoisotopic (exact) mass is 285 g/mol. The van der Waals surface area contributed by atoms with Gasteiger partial charge in [0, 0.05) is 11.8 Å². The number of fused-ring (bicyclic) bond motifs is 1. The van der Waals surface area contributed by atoms with Crippen molar-refractivity contribution < 1.29 is 23.8 Å². The number of hydrogen-bond donors (Lipinski definition) is 0. The lowest BCUT2D eigenvalue weighted by Crippen LogP contribution is -2.13. The zero-order valence-corrected chi connectivity index (χ0v) is 11.2. The van der Waals surface area contributed by atoms with Gasteiger partial charge in [-0.2, -0.15) is 0 Å². The van der Waals surface area contributed by atoms with E-state index in [2.05, 4.69) is 9.72 Å². The number of carbonyl (C=O) groups is 2. The second-order valence-corrected chi connectivity index (χ2v) is 4.29. The lowest BCUT2D eigenvalue weighted by Gasteiger charge is -2.06.